The Morgan fingerprint density at radius 1 is 1.50 bits per heavy atom. The minimum atomic E-state index is -3.75. The van der Waals surface area contributed by atoms with E-state index in [1.165, 1.54) is 4.90 Å². The van der Waals surface area contributed by atoms with Crippen LogP contribution in [0.1, 0.15) is 12.1 Å². The van der Waals surface area contributed by atoms with Crippen molar-refractivity contribution < 1.29 is 13.2 Å². The summed E-state index contributed by atoms with van der Waals surface area (Å²) < 4.78 is 22.4. The first-order valence-electron chi connectivity index (χ1n) is 5.10. The summed E-state index contributed by atoms with van der Waals surface area (Å²) in [7, 11) is -3.75. The lowest BCUT2D eigenvalue weighted by molar-refractivity contribution is -0.117. The molecule has 1 aromatic rings. The molecule has 1 aromatic heterocycles. The molecular formula is C9H11ClN4O3S. The fourth-order valence-corrected chi connectivity index (χ4v) is 2.69. The first-order valence-corrected chi connectivity index (χ1v) is 7.09. The Hall–Kier alpha value is -1.25. The Labute approximate surface area is 109 Å². The van der Waals surface area contributed by atoms with Crippen LogP contribution in [0.2, 0.25) is 5.15 Å². The van der Waals surface area contributed by atoms with Crippen LogP contribution in [-0.4, -0.2) is 36.1 Å². The lowest BCUT2D eigenvalue weighted by Crippen LogP contribution is -2.32. The second kappa shape index (κ2) is 4.45. The number of sulfonamides is 1. The number of anilines is 1. The van der Waals surface area contributed by atoms with E-state index in [0.717, 1.165) is 0 Å². The van der Waals surface area contributed by atoms with Crippen molar-refractivity contribution in [3.63, 3.8) is 0 Å². The van der Waals surface area contributed by atoms with Crippen molar-refractivity contribution in [3.8, 4) is 0 Å². The quantitative estimate of drug-likeness (QED) is 0.761. The van der Waals surface area contributed by atoms with Gasteiger partial charge in [-0.2, -0.15) is 0 Å². The molecule has 1 aliphatic heterocycles. The van der Waals surface area contributed by atoms with Gasteiger partial charge >= 0.3 is 0 Å². The number of amides is 1. The Morgan fingerprint density at radius 2 is 2.17 bits per heavy atom. The maximum Gasteiger partial charge on any atom is 0.233 e. The van der Waals surface area contributed by atoms with E-state index in [4.69, 9.17) is 16.7 Å². The number of carbonyl (C=O) groups excluding carboxylic acids is 1. The second-order valence-electron chi connectivity index (χ2n) is 4.05. The zero-order chi connectivity index (χ0) is 13.5. The molecule has 1 unspecified atom stereocenters. The fraction of sp³-hybridized carbons (Fsp3) is 0.444. The van der Waals surface area contributed by atoms with Crippen molar-refractivity contribution in [2.24, 2.45) is 5.14 Å². The van der Waals surface area contributed by atoms with Crippen LogP contribution in [0.3, 0.4) is 0 Å². The lowest BCUT2D eigenvalue weighted by Gasteiger charge is -2.14. The average Bonchev–Trinajstić information content (AvgIpc) is 2.58. The minimum Gasteiger partial charge on any atom is -0.279 e. The van der Waals surface area contributed by atoms with Crippen molar-refractivity contribution in [2.75, 3.05) is 11.4 Å². The first-order chi connectivity index (χ1) is 8.27. The van der Waals surface area contributed by atoms with Gasteiger partial charge in [0.1, 0.15) is 10.4 Å². The van der Waals surface area contributed by atoms with Gasteiger partial charge in [0.05, 0.1) is 0 Å². The van der Waals surface area contributed by atoms with Crippen LogP contribution in [-0.2, 0) is 14.8 Å². The molecule has 0 bridgehead atoms. The normalized spacial score (nSPS) is 20.5. The predicted octanol–water partition coefficient (Wildman–Crippen LogP) is -0.168. The minimum absolute atomic E-state index is 0.0442. The SMILES string of the molecule is Cc1cc(Cl)nc(N2CC(S(N)(=O)=O)CC2=O)n1. The summed E-state index contributed by atoms with van der Waals surface area (Å²) in [6.45, 7) is 1.66. The number of aryl methyl sites for hydroxylation is 1. The molecule has 0 saturated carbocycles. The molecule has 1 fully saturated rings. The van der Waals surface area contributed by atoms with E-state index in [2.05, 4.69) is 9.97 Å². The van der Waals surface area contributed by atoms with Gasteiger partial charge in [-0.1, -0.05) is 11.6 Å². The van der Waals surface area contributed by atoms with Crippen LogP contribution in [0.5, 0.6) is 0 Å². The summed E-state index contributed by atoms with van der Waals surface area (Å²) in [5.41, 5.74) is 0.594. The smallest absolute Gasteiger partial charge is 0.233 e. The van der Waals surface area contributed by atoms with Crippen molar-refractivity contribution in [1.29, 1.82) is 0 Å². The van der Waals surface area contributed by atoms with E-state index < -0.39 is 15.3 Å². The van der Waals surface area contributed by atoms with Crippen molar-refractivity contribution in [1.82, 2.24) is 9.97 Å². The Morgan fingerprint density at radius 3 is 2.67 bits per heavy atom. The maximum atomic E-state index is 11.7. The summed E-state index contributed by atoms with van der Waals surface area (Å²) in [6, 6.07) is 1.54. The zero-order valence-electron chi connectivity index (χ0n) is 9.50. The van der Waals surface area contributed by atoms with Gasteiger partial charge in [0.2, 0.25) is 21.9 Å². The van der Waals surface area contributed by atoms with E-state index in [-0.39, 0.29) is 30.0 Å². The highest BCUT2D eigenvalue weighted by Crippen LogP contribution is 2.22. The van der Waals surface area contributed by atoms with E-state index in [1.807, 2.05) is 0 Å². The van der Waals surface area contributed by atoms with Gasteiger partial charge in [-0.15, -0.1) is 0 Å². The molecule has 0 radical (unpaired) electrons. The zero-order valence-corrected chi connectivity index (χ0v) is 11.1. The molecule has 1 saturated heterocycles. The summed E-state index contributed by atoms with van der Waals surface area (Å²) in [5.74, 6) is -0.271. The van der Waals surface area contributed by atoms with E-state index in [1.54, 1.807) is 13.0 Å². The summed E-state index contributed by atoms with van der Waals surface area (Å²) >= 11 is 5.77. The Balaban J connectivity index is 2.32. The Kier molecular flexibility index (Phi) is 3.26. The van der Waals surface area contributed by atoms with Crippen LogP contribution in [0.4, 0.5) is 5.95 Å². The van der Waals surface area contributed by atoms with Gasteiger partial charge in [-0.05, 0) is 13.0 Å². The third kappa shape index (κ3) is 2.60. The highest BCUT2D eigenvalue weighted by molar-refractivity contribution is 7.89. The molecule has 0 spiro atoms. The number of rotatable bonds is 2. The number of hydrogen-bond donors (Lipinski definition) is 1. The molecular weight excluding hydrogens is 280 g/mol. The monoisotopic (exact) mass is 290 g/mol. The summed E-state index contributed by atoms with van der Waals surface area (Å²) in [5, 5.41) is 4.30. The van der Waals surface area contributed by atoms with Gasteiger partial charge in [0.15, 0.2) is 0 Å². The largest absolute Gasteiger partial charge is 0.279 e. The van der Waals surface area contributed by atoms with E-state index >= 15 is 0 Å². The van der Waals surface area contributed by atoms with Crippen LogP contribution in [0.25, 0.3) is 0 Å². The molecule has 1 atom stereocenters. The molecule has 1 amide bonds. The molecule has 2 N–H and O–H groups in total. The van der Waals surface area contributed by atoms with Gasteiger partial charge in [-0.25, -0.2) is 23.5 Å². The molecule has 9 heteroatoms. The molecule has 0 aliphatic carbocycles. The second-order valence-corrected chi connectivity index (χ2v) is 6.28. The number of hydrogen-bond acceptors (Lipinski definition) is 5. The molecule has 0 aromatic carbocycles. The van der Waals surface area contributed by atoms with Gasteiger partial charge in [0.25, 0.3) is 0 Å². The van der Waals surface area contributed by atoms with Gasteiger partial charge in [0, 0.05) is 18.7 Å². The topological polar surface area (TPSA) is 106 Å². The average molecular weight is 291 g/mol. The first kappa shape index (κ1) is 13.2. The molecule has 98 valence electrons. The van der Waals surface area contributed by atoms with Gasteiger partial charge < -0.3 is 0 Å². The van der Waals surface area contributed by atoms with Crippen LogP contribution >= 0.6 is 11.6 Å². The molecule has 7 nitrogen and oxygen atoms in total. The van der Waals surface area contributed by atoms with Crippen LogP contribution < -0.4 is 10.0 Å². The number of primary sulfonamides is 1. The molecule has 2 heterocycles. The van der Waals surface area contributed by atoms with Gasteiger partial charge in [-0.3, -0.25) is 9.69 Å². The Bertz CT molecular complexity index is 584. The van der Waals surface area contributed by atoms with Crippen molar-refractivity contribution >= 4 is 33.5 Å². The number of carbonyl (C=O) groups is 1. The standard InChI is InChI=1S/C9H11ClN4O3S/c1-5-2-7(10)13-9(12-5)14-4-6(3-8(14)15)18(11,16)17/h2,6H,3-4H2,1H3,(H2,11,16,17). The molecule has 18 heavy (non-hydrogen) atoms. The van der Waals surface area contributed by atoms with Crippen molar-refractivity contribution in [3.05, 3.63) is 16.9 Å². The molecule has 2 rings (SSSR count). The number of nitrogens with two attached hydrogens (primary N) is 1. The van der Waals surface area contributed by atoms with E-state index in [0.29, 0.717) is 5.69 Å². The third-order valence-corrected chi connectivity index (χ3v) is 4.05. The number of aromatic nitrogens is 2. The summed E-state index contributed by atoms with van der Waals surface area (Å²) in [4.78, 5) is 20.9. The predicted molar refractivity (Wildman–Crippen MR) is 65.6 cm³/mol. The third-order valence-electron chi connectivity index (χ3n) is 2.61. The number of nitrogens with zero attached hydrogens (tertiary/aromatic N) is 3. The highest BCUT2D eigenvalue weighted by atomic mass is 35.5. The van der Waals surface area contributed by atoms with Crippen LogP contribution in [0.15, 0.2) is 6.07 Å². The van der Waals surface area contributed by atoms with E-state index in [9.17, 15) is 13.2 Å². The maximum absolute atomic E-state index is 11.7. The highest BCUT2D eigenvalue weighted by Gasteiger charge is 2.38. The number of halogens is 1. The summed E-state index contributed by atoms with van der Waals surface area (Å²) in [6.07, 6.45) is -0.159. The fourth-order valence-electron chi connectivity index (χ4n) is 1.72. The molecule has 1 aliphatic rings. The van der Waals surface area contributed by atoms with Crippen molar-refractivity contribution in [2.45, 2.75) is 18.6 Å². The van der Waals surface area contributed by atoms with Crippen LogP contribution in [0, 0.1) is 6.92 Å². The lowest BCUT2D eigenvalue weighted by atomic mass is 10.4.